The number of likely N-dealkylation sites (tertiary alicyclic amines) is 1. The van der Waals surface area contributed by atoms with Gasteiger partial charge in [-0.3, -0.25) is 14.3 Å². The van der Waals surface area contributed by atoms with Crippen LogP contribution in [0, 0.1) is 5.92 Å². The van der Waals surface area contributed by atoms with E-state index in [1.54, 1.807) is 12.1 Å². The van der Waals surface area contributed by atoms with Gasteiger partial charge in [-0.15, -0.1) is 0 Å². The molecule has 1 fully saturated rings. The van der Waals surface area contributed by atoms with Gasteiger partial charge in [-0.1, -0.05) is 18.2 Å². The van der Waals surface area contributed by atoms with E-state index in [1.807, 2.05) is 18.2 Å². The van der Waals surface area contributed by atoms with Crippen LogP contribution in [-0.4, -0.2) is 45.7 Å². The van der Waals surface area contributed by atoms with Crippen LogP contribution in [0.3, 0.4) is 0 Å². The third kappa shape index (κ3) is 5.49. The molecule has 2 aromatic rings. The molecule has 0 aliphatic carbocycles. The Morgan fingerprint density at radius 2 is 1.93 bits per heavy atom. The molecule has 1 aromatic carbocycles. The van der Waals surface area contributed by atoms with Gasteiger partial charge < -0.3 is 15.4 Å². The Balaban J connectivity index is 1.64. The van der Waals surface area contributed by atoms with Crippen LogP contribution in [0.5, 0.6) is 5.75 Å². The van der Waals surface area contributed by atoms with Crippen LogP contribution < -0.4 is 10.5 Å². The molecular formula is C19H21F3N4O3. The summed E-state index contributed by atoms with van der Waals surface area (Å²) in [5, 5.41) is 3.40. The summed E-state index contributed by atoms with van der Waals surface area (Å²) in [5.41, 5.74) is 4.30. The predicted octanol–water partition coefficient (Wildman–Crippen LogP) is 2.07. The fraction of sp³-hybridized carbons (Fsp3) is 0.421. The van der Waals surface area contributed by atoms with Gasteiger partial charge >= 0.3 is 6.18 Å². The summed E-state index contributed by atoms with van der Waals surface area (Å²) in [6, 6.07) is 9.94. The highest BCUT2D eigenvalue weighted by molar-refractivity contribution is 5.77. The number of primary amides is 1. The molecule has 2 N–H and O–H groups in total. The summed E-state index contributed by atoms with van der Waals surface area (Å²) in [4.78, 5) is 25.5. The van der Waals surface area contributed by atoms with Crippen LogP contribution in [0.4, 0.5) is 13.2 Å². The van der Waals surface area contributed by atoms with Crippen molar-refractivity contribution < 1.29 is 27.5 Å². The smallest absolute Gasteiger partial charge is 0.435 e. The number of nitrogens with two attached hydrogens (primary N) is 1. The molecule has 2 atom stereocenters. The minimum Gasteiger partial charge on any atom is -0.490 e. The van der Waals surface area contributed by atoms with Gasteiger partial charge in [-0.05, 0) is 18.2 Å². The van der Waals surface area contributed by atoms with E-state index in [9.17, 15) is 22.8 Å². The molecule has 29 heavy (non-hydrogen) atoms. The first-order valence-electron chi connectivity index (χ1n) is 9.11. The van der Waals surface area contributed by atoms with E-state index in [4.69, 9.17) is 10.5 Å². The molecule has 0 spiro atoms. The van der Waals surface area contributed by atoms with Gasteiger partial charge in [0.2, 0.25) is 11.8 Å². The van der Waals surface area contributed by atoms with Crippen LogP contribution in [0.25, 0.3) is 0 Å². The van der Waals surface area contributed by atoms with E-state index in [-0.39, 0.29) is 37.4 Å². The number of nitrogens with zero attached hydrogens (tertiary/aromatic N) is 3. The van der Waals surface area contributed by atoms with Crippen molar-refractivity contribution in [1.29, 1.82) is 0 Å². The number of rotatable bonds is 6. The first-order chi connectivity index (χ1) is 13.7. The average molecular weight is 410 g/mol. The Labute approximate surface area is 165 Å². The highest BCUT2D eigenvalue weighted by Gasteiger charge is 2.35. The molecule has 10 heteroatoms. The molecule has 1 aliphatic rings. The third-order valence-electron chi connectivity index (χ3n) is 4.74. The number of benzene rings is 1. The summed E-state index contributed by atoms with van der Waals surface area (Å²) in [6.07, 6.45) is -3.22. The Kier molecular flexibility index (Phi) is 6.09. The van der Waals surface area contributed by atoms with Crippen molar-refractivity contribution in [3.8, 4) is 5.75 Å². The number of alkyl halides is 3. The lowest BCUT2D eigenvalue weighted by Crippen LogP contribution is -2.49. The summed E-state index contributed by atoms with van der Waals surface area (Å²) >= 11 is 0. The minimum atomic E-state index is -4.56. The number of carbonyl (C=O) groups excluding carboxylic acids is 2. The lowest BCUT2D eigenvalue weighted by molar-refractivity contribution is -0.142. The molecule has 2 heterocycles. The first kappa shape index (κ1) is 20.7. The van der Waals surface area contributed by atoms with E-state index in [0.29, 0.717) is 18.7 Å². The van der Waals surface area contributed by atoms with Crippen molar-refractivity contribution in [2.24, 2.45) is 11.7 Å². The average Bonchev–Trinajstić information content (AvgIpc) is 3.12. The van der Waals surface area contributed by atoms with Gasteiger partial charge in [0.05, 0.1) is 0 Å². The summed E-state index contributed by atoms with van der Waals surface area (Å²) in [7, 11) is 0. The maximum atomic E-state index is 12.7. The van der Waals surface area contributed by atoms with E-state index < -0.39 is 17.8 Å². The van der Waals surface area contributed by atoms with Gasteiger partial charge in [0, 0.05) is 38.0 Å². The quantitative estimate of drug-likeness (QED) is 0.790. The fourth-order valence-corrected chi connectivity index (χ4v) is 3.36. The second-order valence-corrected chi connectivity index (χ2v) is 6.92. The SMILES string of the molecule is NC(=O)C[C@H]1CN(C(=O)Cn2ccc(C(F)(F)F)n2)CC[C@@H]1Oc1ccccc1. The fourth-order valence-electron chi connectivity index (χ4n) is 3.36. The molecular weight excluding hydrogens is 389 g/mol. The van der Waals surface area contributed by atoms with Crippen LogP contribution in [-0.2, 0) is 22.3 Å². The number of ether oxygens (including phenoxy) is 1. The topological polar surface area (TPSA) is 90.5 Å². The molecule has 0 saturated carbocycles. The van der Waals surface area contributed by atoms with Crippen molar-refractivity contribution in [3.63, 3.8) is 0 Å². The third-order valence-corrected chi connectivity index (χ3v) is 4.74. The molecule has 0 radical (unpaired) electrons. The highest BCUT2D eigenvalue weighted by atomic mass is 19.4. The van der Waals surface area contributed by atoms with Crippen molar-refractivity contribution in [3.05, 3.63) is 48.3 Å². The van der Waals surface area contributed by atoms with Crippen LogP contribution >= 0.6 is 0 Å². The molecule has 156 valence electrons. The van der Waals surface area contributed by atoms with E-state index in [2.05, 4.69) is 5.10 Å². The first-order valence-corrected chi connectivity index (χ1v) is 9.11. The maximum Gasteiger partial charge on any atom is 0.435 e. The van der Waals surface area contributed by atoms with E-state index in [1.165, 1.54) is 4.90 Å². The van der Waals surface area contributed by atoms with Gasteiger partial charge in [-0.2, -0.15) is 18.3 Å². The van der Waals surface area contributed by atoms with Crippen LogP contribution in [0.1, 0.15) is 18.5 Å². The predicted molar refractivity (Wildman–Crippen MR) is 96.6 cm³/mol. The lowest BCUT2D eigenvalue weighted by Gasteiger charge is -2.38. The number of carbonyl (C=O) groups is 2. The zero-order valence-corrected chi connectivity index (χ0v) is 15.5. The van der Waals surface area contributed by atoms with Crippen molar-refractivity contribution in [1.82, 2.24) is 14.7 Å². The zero-order valence-electron chi connectivity index (χ0n) is 15.5. The standard InChI is InChI=1S/C19H21F3N4O3/c20-19(21,22)16-7-9-26(24-16)12-18(28)25-8-6-15(13(11-25)10-17(23)27)29-14-4-2-1-3-5-14/h1-5,7,9,13,15H,6,8,10-12H2,(H2,23,27)/t13-,15-/m0/s1. The molecule has 3 rings (SSSR count). The zero-order chi connectivity index (χ0) is 21.0. The van der Waals surface area contributed by atoms with E-state index >= 15 is 0 Å². The number of amides is 2. The number of aromatic nitrogens is 2. The van der Waals surface area contributed by atoms with Gasteiger partial charge in [-0.25, -0.2) is 0 Å². The van der Waals surface area contributed by atoms with Crippen LogP contribution in [0.15, 0.2) is 42.6 Å². The summed E-state index contributed by atoms with van der Waals surface area (Å²) < 4.78 is 44.9. The number of para-hydroxylation sites is 1. The molecule has 1 aromatic heterocycles. The molecule has 0 unspecified atom stereocenters. The van der Waals surface area contributed by atoms with Gasteiger partial charge in [0.1, 0.15) is 18.4 Å². The molecule has 7 nitrogen and oxygen atoms in total. The maximum absolute atomic E-state index is 12.7. The second kappa shape index (κ2) is 8.54. The second-order valence-electron chi connectivity index (χ2n) is 6.92. The highest BCUT2D eigenvalue weighted by Crippen LogP contribution is 2.28. The Morgan fingerprint density at radius 3 is 2.55 bits per heavy atom. The lowest BCUT2D eigenvalue weighted by atomic mass is 9.91. The summed E-state index contributed by atoms with van der Waals surface area (Å²) in [6.45, 7) is 0.273. The number of hydrogen-bond acceptors (Lipinski definition) is 4. The Bertz CT molecular complexity index is 854. The van der Waals surface area contributed by atoms with Gasteiger partial charge in [0.25, 0.3) is 0 Å². The summed E-state index contributed by atoms with van der Waals surface area (Å²) in [5.74, 6) is -0.543. The van der Waals surface area contributed by atoms with E-state index in [0.717, 1.165) is 16.9 Å². The number of halogens is 3. The molecule has 1 aliphatic heterocycles. The largest absolute Gasteiger partial charge is 0.490 e. The Hall–Kier alpha value is -3.04. The molecule has 0 bridgehead atoms. The monoisotopic (exact) mass is 410 g/mol. The van der Waals surface area contributed by atoms with Crippen molar-refractivity contribution in [2.45, 2.75) is 31.7 Å². The molecule has 1 saturated heterocycles. The number of piperidine rings is 1. The van der Waals surface area contributed by atoms with Crippen molar-refractivity contribution in [2.75, 3.05) is 13.1 Å². The number of hydrogen-bond donors (Lipinski definition) is 1. The van der Waals surface area contributed by atoms with Crippen molar-refractivity contribution >= 4 is 11.8 Å². The normalized spacial score (nSPS) is 19.8. The minimum absolute atomic E-state index is 0.0429. The van der Waals surface area contributed by atoms with Gasteiger partial charge in [0.15, 0.2) is 5.69 Å². The van der Waals surface area contributed by atoms with Crippen LogP contribution in [0.2, 0.25) is 0 Å². The Morgan fingerprint density at radius 1 is 1.21 bits per heavy atom. The molecule has 2 amide bonds.